The lowest BCUT2D eigenvalue weighted by molar-refractivity contribution is 0.302. The number of aryl methyl sites for hydroxylation is 1. The van der Waals surface area contributed by atoms with Crippen molar-refractivity contribution in [3.05, 3.63) is 23.9 Å². The lowest BCUT2D eigenvalue weighted by Gasteiger charge is -2.22. The van der Waals surface area contributed by atoms with Crippen LogP contribution in [-0.2, 0) is 0 Å². The van der Waals surface area contributed by atoms with Crippen LogP contribution in [0, 0.1) is 6.92 Å². The Hall–Kier alpha value is -1.13. The maximum atomic E-state index is 5.61. The van der Waals surface area contributed by atoms with E-state index in [4.69, 9.17) is 5.73 Å². The Kier molecular flexibility index (Phi) is 4.34. The second-order valence-corrected chi connectivity index (χ2v) is 4.66. The smallest absolute Gasteiger partial charge is 0.128 e. The first-order valence-electron chi connectivity index (χ1n) is 6.39. The monoisotopic (exact) mass is 234 g/mol. The van der Waals surface area contributed by atoms with Crippen molar-refractivity contribution in [3.63, 3.8) is 0 Å². The highest BCUT2D eigenvalue weighted by Crippen LogP contribution is 2.13. The van der Waals surface area contributed by atoms with E-state index in [9.17, 15) is 0 Å². The molecule has 94 valence electrons. The van der Waals surface area contributed by atoms with E-state index in [0.29, 0.717) is 0 Å². The first-order valence-corrected chi connectivity index (χ1v) is 6.39. The summed E-state index contributed by atoms with van der Waals surface area (Å²) in [5, 5.41) is 0. The van der Waals surface area contributed by atoms with Crippen LogP contribution in [0.2, 0.25) is 0 Å². The molecule has 0 amide bonds. The van der Waals surface area contributed by atoms with Crippen LogP contribution in [0.25, 0.3) is 0 Å². The van der Waals surface area contributed by atoms with Gasteiger partial charge in [-0.05, 0) is 31.5 Å². The third kappa shape index (κ3) is 3.41. The van der Waals surface area contributed by atoms with E-state index in [0.717, 1.165) is 45.1 Å². The van der Waals surface area contributed by atoms with Crippen molar-refractivity contribution in [2.45, 2.75) is 13.3 Å². The predicted octanol–water partition coefficient (Wildman–Crippen LogP) is 0.861. The van der Waals surface area contributed by atoms with Gasteiger partial charge in [-0.25, -0.2) is 4.98 Å². The molecule has 1 aliphatic heterocycles. The van der Waals surface area contributed by atoms with Gasteiger partial charge in [0.1, 0.15) is 5.82 Å². The zero-order valence-corrected chi connectivity index (χ0v) is 10.6. The van der Waals surface area contributed by atoms with E-state index in [1.807, 2.05) is 6.20 Å². The summed E-state index contributed by atoms with van der Waals surface area (Å²) in [7, 11) is 0. The molecule has 0 unspecified atom stereocenters. The highest BCUT2D eigenvalue weighted by Gasteiger charge is 2.14. The molecular formula is C13H22N4. The molecule has 1 saturated heterocycles. The third-order valence-electron chi connectivity index (χ3n) is 3.25. The van der Waals surface area contributed by atoms with Crippen LogP contribution in [0.15, 0.2) is 18.3 Å². The molecule has 0 atom stereocenters. The molecule has 0 radical (unpaired) electrons. The second-order valence-electron chi connectivity index (χ2n) is 4.66. The van der Waals surface area contributed by atoms with Gasteiger partial charge in [-0.2, -0.15) is 0 Å². The number of pyridine rings is 1. The fraction of sp³-hybridized carbons (Fsp3) is 0.615. The van der Waals surface area contributed by atoms with Crippen LogP contribution in [0.5, 0.6) is 0 Å². The van der Waals surface area contributed by atoms with E-state index in [2.05, 4.69) is 33.8 Å². The summed E-state index contributed by atoms with van der Waals surface area (Å²) in [6.07, 6.45) is 3.13. The predicted molar refractivity (Wildman–Crippen MR) is 71.3 cm³/mol. The largest absolute Gasteiger partial charge is 0.355 e. The molecule has 1 aromatic heterocycles. The Balaban J connectivity index is 1.96. The topological polar surface area (TPSA) is 45.4 Å². The first kappa shape index (κ1) is 12.3. The molecule has 0 bridgehead atoms. The number of anilines is 1. The van der Waals surface area contributed by atoms with E-state index < -0.39 is 0 Å². The normalized spacial score (nSPS) is 18.1. The van der Waals surface area contributed by atoms with E-state index in [-0.39, 0.29) is 0 Å². The Labute approximate surface area is 103 Å². The Morgan fingerprint density at radius 3 is 2.82 bits per heavy atom. The molecule has 0 spiro atoms. The van der Waals surface area contributed by atoms with Gasteiger partial charge in [0.25, 0.3) is 0 Å². The minimum atomic E-state index is 0.753. The fourth-order valence-corrected chi connectivity index (χ4v) is 2.25. The highest BCUT2D eigenvalue weighted by molar-refractivity contribution is 5.39. The average Bonchev–Trinajstić information content (AvgIpc) is 2.56. The fourth-order valence-electron chi connectivity index (χ4n) is 2.25. The molecule has 2 rings (SSSR count). The number of aromatic nitrogens is 1. The van der Waals surface area contributed by atoms with E-state index in [1.54, 1.807) is 0 Å². The van der Waals surface area contributed by atoms with Crippen LogP contribution in [0.3, 0.4) is 0 Å². The summed E-state index contributed by atoms with van der Waals surface area (Å²) >= 11 is 0. The van der Waals surface area contributed by atoms with Crippen LogP contribution in [-0.4, -0.2) is 49.2 Å². The molecule has 0 aromatic carbocycles. The van der Waals surface area contributed by atoms with Gasteiger partial charge < -0.3 is 15.5 Å². The van der Waals surface area contributed by atoms with E-state index in [1.165, 1.54) is 12.0 Å². The number of hydrogen-bond donors (Lipinski definition) is 1. The minimum Gasteiger partial charge on any atom is -0.355 e. The average molecular weight is 234 g/mol. The number of nitrogens with zero attached hydrogens (tertiary/aromatic N) is 3. The summed E-state index contributed by atoms with van der Waals surface area (Å²) in [5.41, 5.74) is 6.82. The quantitative estimate of drug-likeness (QED) is 0.842. The molecular weight excluding hydrogens is 212 g/mol. The van der Waals surface area contributed by atoms with Gasteiger partial charge in [0.2, 0.25) is 0 Å². The van der Waals surface area contributed by atoms with Crippen molar-refractivity contribution in [3.8, 4) is 0 Å². The van der Waals surface area contributed by atoms with Crippen LogP contribution < -0.4 is 10.6 Å². The minimum absolute atomic E-state index is 0.753. The van der Waals surface area contributed by atoms with Gasteiger partial charge in [0.05, 0.1) is 0 Å². The van der Waals surface area contributed by atoms with Crippen molar-refractivity contribution in [2.24, 2.45) is 5.73 Å². The van der Waals surface area contributed by atoms with Crippen LogP contribution in [0.1, 0.15) is 12.0 Å². The number of rotatable bonds is 3. The summed E-state index contributed by atoms with van der Waals surface area (Å²) in [6.45, 7) is 8.22. The Morgan fingerprint density at radius 1 is 1.24 bits per heavy atom. The van der Waals surface area contributed by atoms with Crippen LogP contribution in [0.4, 0.5) is 5.82 Å². The Morgan fingerprint density at radius 2 is 2.12 bits per heavy atom. The molecule has 17 heavy (non-hydrogen) atoms. The lowest BCUT2D eigenvalue weighted by atomic mass is 10.3. The van der Waals surface area contributed by atoms with Gasteiger partial charge in [-0.1, -0.05) is 6.07 Å². The summed E-state index contributed by atoms with van der Waals surface area (Å²) in [5.74, 6) is 1.10. The van der Waals surface area contributed by atoms with Crippen LogP contribution >= 0.6 is 0 Å². The van der Waals surface area contributed by atoms with Gasteiger partial charge in [0, 0.05) is 38.9 Å². The SMILES string of the molecule is Cc1ccc(N2CCCN(CCN)CC2)nc1. The van der Waals surface area contributed by atoms with Crippen molar-refractivity contribution in [2.75, 3.05) is 44.2 Å². The van der Waals surface area contributed by atoms with Gasteiger partial charge in [-0.3, -0.25) is 0 Å². The van der Waals surface area contributed by atoms with Gasteiger partial charge in [-0.15, -0.1) is 0 Å². The summed E-state index contributed by atoms with van der Waals surface area (Å²) < 4.78 is 0. The standard InChI is InChI=1S/C13H22N4/c1-12-3-4-13(15-11-12)17-7-2-6-16(8-5-14)9-10-17/h3-4,11H,2,5-10,14H2,1H3. The molecule has 0 aliphatic carbocycles. The molecule has 4 nitrogen and oxygen atoms in total. The number of hydrogen-bond acceptors (Lipinski definition) is 4. The molecule has 0 saturated carbocycles. The lowest BCUT2D eigenvalue weighted by Crippen LogP contribution is -2.34. The van der Waals surface area contributed by atoms with Gasteiger partial charge >= 0.3 is 0 Å². The molecule has 1 aliphatic rings. The van der Waals surface area contributed by atoms with E-state index >= 15 is 0 Å². The molecule has 1 aromatic rings. The Bertz CT molecular complexity index is 336. The molecule has 2 N–H and O–H groups in total. The van der Waals surface area contributed by atoms with Crippen molar-refractivity contribution in [1.29, 1.82) is 0 Å². The first-order chi connectivity index (χ1) is 8.29. The van der Waals surface area contributed by atoms with Gasteiger partial charge in [0.15, 0.2) is 0 Å². The zero-order chi connectivity index (χ0) is 12.1. The molecule has 4 heteroatoms. The van der Waals surface area contributed by atoms with Crippen molar-refractivity contribution < 1.29 is 0 Å². The molecule has 1 fully saturated rings. The summed E-state index contributed by atoms with van der Waals surface area (Å²) in [6, 6.07) is 4.25. The number of nitrogens with two attached hydrogens (primary N) is 1. The zero-order valence-electron chi connectivity index (χ0n) is 10.6. The van der Waals surface area contributed by atoms with Crippen molar-refractivity contribution >= 4 is 5.82 Å². The second kappa shape index (κ2) is 5.98. The maximum absolute atomic E-state index is 5.61. The third-order valence-corrected chi connectivity index (χ3v) is 3.25. The highest BCUT2D eigenvalue weighted by atomic mass is 15.2. The van der Waals surface area contributed by atoms with Crippen molar-refractivity contribution in [1.82, 2.24) is 9.88 Å². The summed E-state index contributed by atoms with van der Waals surface area (Å²) in [4.78, 5) is 9.31. The molecule has 2 heterocycles. The maximum Gasteiger partial charge on any atom is 0.128 e.